The number of H-pyrrole nitrogens is 4. The molecule has 0 unspecified atom stereocenters. The summed E-state index contributed by atoms with van der Waals surface area (Å²) in [5, 5.41) is 10.9. The Morgan fingerprint density at radius 2 is 0.607 bits per heavy atom. The van der Waals surface area contributed by atoms with Crippen LogP contribution in [-0.2, 0) is 63.8 Å². The first-order valence-electron chi connectivity index (χ1n) is 42.3. The van der Waals surface area contributed by atoms with E-state index >= 15 is 0 Å². The maximum atomic E-state index is 13.8. The van der Waals surface area contributed by atoms with E-state index in [9.17, 15) is 38.4 Å². The molecule has 0 spiro atoms. The quantitative estimate of drug-likeness (QED) is 0.0292. The monoisotopic (exact) mass is 1660 g/mol. The molecule has 0 radical (unpaired) electrons. The fourth-order valence-electron chi connectivity index (χ4n) is 18.5. The van der Waals surface area contributed by atoms with Gasteiger partial charge >= 0.3 is 24.4 Å². The summed E-state index contributed by atoms with van der Waals surface area (Å²) < 4.78 is 19.2. The van der Waals surface area contributed by atoms with Gasteiger partial charge in [0.1, 0.15) is 47.5 Å². The Hall–Kier alpha value is -12.6. The van der Waals surface area contributed by atoms with Crippen LogP contribution in [0.2, 0.25) is 0 Å². The molecule has 0 saturated carbocycles. The van der Waals surface area contributed by atoms with Crippen molar-refractivity contribution in [2.45, 2.75) is 195 Å². The Morgan fingerprint density at radius 3 is 0.943 bits per heavy atom. The minimum Gasteiger partial charge on any atom is -0.453 e. The molecule has 640 valence electrons. The molecule has 8 aliphatic heterocycles. The number of benzene rings is 4. The Labute approximate surface area is 708 Å². The molecule has 0 bridgehead atoms. The average Bonchev–Trinajstić information content (AvgIpc) is 1.48. The number of hydrogen-bond donors (Lipinski definition) is 8. The molecule has 4 aromatic carbocycles. The number of aliphatic imine (C=N–C) groups is 4. The van der Waals surface area contributed by atoms with Crippen molar-refractivity contribution < 1.29 is 57.3 Å². The topological polar surface area (TPSA) is 399 Å². The van der Waals surface area contributed by atoms with Crippen LogP contribution in [0.15, 0.2) is 93.3 Å². The number of nitrogens with zero attached hydrogens (tertiary/aromatic N) is 12. The number of methoxy groups -OCH3 is 4. The van der Waals surface area contributed by atoms with E-state index in [-0.39, 0.29) is 71.5 Å². The van der Waals surface area contributed by atoms with Crippen molar-refractivity contribution in [1.82, 2.24) is 80.7 Å². The Kier molecular flexibility index (Phi) is 24.6. The van der Waals surface area contributed by atoms with Crippen LogP contribution < -0.4 is 21.3 Å². The Balaban J connectivity index is 0.000000190. The number of imidazole rings is 4. The van der Waals surface area contributed by atoms with Gasteiger partial charge < -0.3 is 79.8 Å². The highest BCUT2D eigenvalue weighted by molar-refractivity contribution is 6.05. The Morgan fingerprint density at radius 1 is 0.352 bits per heavy atom. The highest BCUT2D eigenvalue weighted by Crippen LogP contribution is 2.51. The van der Waals surface area contributed by atoms with Crippen LogP contribution in [0.3, 0.4) is 0 Å². The fourth-order valence-corrected chi connectivity index (χ4v) is 18.5. The second kappa shape index (κ2) is 35.6. The van der Waals surface area contributed by atoms with Gasteiger partial charge in [0.2, 0.25) is 23.6 Å². The number of amides is 8. The smallest absolute Gasteiger partial charge is 0.407 e. The predicted molar refractivity (Wildman–Crippen MR) is 462 cm³/mol. The van der Waals surface area contributed by atoms with Crippen molar-refractivity contribution >= 4 is 94.6 Å². The molecule has 8 aliphatic rings. The van der Waals surface area contributed by atoms with Crippen molar-refractivity contribution in [3.63, 3.8) is 0 Å². The van der Waals surface area contributed by atoms with E-state index in [1.165, 1.54) is 28.4 Å². The van der Waals surface area contributed by atoms with Gasteiger partial charge in [0.05, 0.1) is 123 Å². The summed E-state index contributed by atoms with van der Waals surface area (Å²) in [5.41, 5.74) is 21.5. The van der Waals surface area contributed by atoms with E-state index in [0.717, 1.165) is 175 Å². The maximum Gasteiger partial charge on any atom is 0.407 e. The van der Waals surface area contributed by atoms with Gasteiger partial charge in [0, 0.05) is 109 Å². The number of carbonyl (C=O) groups is 8. The van der Waals surface area contributed by atoms with Crippen LogP contribution in [0.25, 0.3) is 67.3 Å². The number of ether oxygens (including phenoxy) is 4. The largest absolute Gasteiger partial charge is 0.453 e. The zero-order chi connectivity index (χ0) is 86.2. The number of carbonyl (C=O) groups excluding carboxylic acids is 8. The van der Waals surface area contributed by atoms with E-state index in [4.69, 9.17) is 58.9 Å². The molecule has 8 N–H and O–H groups in total. The third-order valence-electron chi connectivity index (χ3n) is 24.7. The van der Waals surface area contributed by atoms with Gasteiger partial charge in [-0.05, 0) is 122 Å². The SMILES string of the molecule is COC(=O)N[C@H](C(=O)N1CCC[C@H]1c1ncc(-c2ccc(-c3ccc(-c4cnc([C@@H]5CCCN5C(=O)[C@@H](NC(=O)OC)C(C)C)[nH]4)c4c3CC(C)=N4)c3c2CC(C)=N3)[nH]1)C(C)C.COC(=O)N[C@H](C(=O)N1CCC[C@H]1c1ncc(-c2ccc(-c3ccc(-c4cnc([C@@H]5CCCN5C(=O)[C@@H](NC(=O)OC)C(C)C)[nH]4)c4c3CC=N4)c3c2CC=N3)[nH]1)C(C)C. The first-order valence-corrected chi connectivity index (χ1v) is 42.3. The van der Waals surface area contributed by atoms with Crippen LogP contribution in [0.4, 0.5) is 41.9 Å². The fraction of sp³-hybridized carbons (Fsp3) is 0.467. The molecule has 12 heterocycles. The lowest BCUT2D eigenvalue weighted by Gasteiger charge is -2.30. The predicted octanol–water partition coefficient (Wildman–Crippen LogP) is 14.3. The van der Waals surface area contributed by atoms with E-state index in [2.05, 4.69) is 96.7 Å². The van der Waals surface area contributed by atoms with Gasteiger partial charge in [-0.2, -0.15) is 0 Å². The normalized spacial score (nSPS) is 18.9. The van der Waals surface area contributed by atoms with Crippen LogP contribution in [0.5, 0.6) is 0 Å². The molecule has 32 nitrogen and oxygen atoms in total. The summed E-state index contributed by atoms with van der Waals surface area (Å²) in [6.45, 7) is 21.6. The minimum absolute atomic E-state index is 0.122. The van der Waals surface area contributed by atoms with Gasteiger partial charge in [0.15, 0.2) is 0 Å². The molecular weight excluding hydrogens is 1550 g/mol. The van der Waals surface area contributed by atoms with Gasteiger partial charge in [-0.1, -0.05) is 104 Å². The minimum atomic E-state index is -0.715. The number of aromatic amines is 4. The zero-order valence-corrected chi connectivity index (χ0v) is 71.6. The summed E-state index contributed by atoms with van der Waals surface area (Å²) in [6, 6.07) is 13.1. The summed E-state index contributed by atoms with van der Waals surface area (Å²) in [4.78, 5) is 164. The number of likely N-dealkylation sites (tertiary alicyclic amines) is 4. The standard InChI is InChI=1S/C46H56N10O6.C44H52N10O6/c1-23(2)37(53-45(59)61-7)43(57)55-17-9-11-35(55)41-47-21-33(51-41)28-14-15-29(39-32(28)20-26(6)49-39)27-13-16-30(40-31(27)19-25(5)50-40)34-22-48-42(52-34)36-12-10-18-56(36)44(58)38(24(3)4)54-46(60)62-8;1-23(2)35(51-43(57)59-5)41(55)53-19-7-9-33(53)39-47-21-31(49-39)26-12-13-27(37-29(26)16-18-45-37)25-11-14-30(38-28(25)15-17-46-38)32-22-48-40(50-32)34-10-8-20-54(34)42(56)36(24(3)4)52-44(58)60-6/h13-16,21-24,35-38H,9-12,17-20H2,1-8H3,(H,47,51)(H,48,52)(H,53,59)(H,54,60);11-14,17-18,21-24,33-36H,7-10,15-16,19-20H2,1-6H3,(H,47,49)(H,48,50)(H,51,57)(H,52,58)/t35-,36-,37-,38-;33-,34-,35-,36-/m00/s1. The van der Waals surface area contributed by atoms with Crippen LogP contribution in [0, 0.1) is 23.7 Å². The summed E-state index contributed by atoms with van der Waals surface area (Å²) in [5.74, 6) is 1.72. The van der Waals surface area contributed by atoms with E-state index in [1.54, 1.807) is 0 Å². The molecule has 16 rings (SSSR count). The Bertz CT molecular complexity index is 5530. The number of aromatic nitrogens is 8. The van der Waals surface area contributed by atoms with Crippen molar-refractivity contribution in [2.24, 2.45) is 43.6 Å². The van der Waals surface area contributed by atoms with E-state index in [0.29, 0.717) is 75.2 Å². The van der Waals surface area contributed by atoms with Crippen molar-refractivity contribution in [3.8, 4) is 67.3 Å². The molecular formula is C90H108N20O12. The highest BCUT2D eigenvalue weighted by Gasteiger charge is 2.44. The van der Waals surface area contributed by atoms with Crippen LogP contribution >= 0.6 is 0 Å². The first kappa shape index (κ1) is 84.4. The lowest BCUT2D eigenvalue weighted by molar-refractivity contribution is -0.136. The number of hydrogen-bond acceptors (Lipinski definition) is 20. The second-order valence-corrected chi connectivity index (χ2v) is 33.9. The molecule has 8 amide bonds. The average molecular weight is 1660 g/mol. The third kappa shape index (κ3) is 16.5. The summed E-state index contributed by atoms with van der Waals surface area (Å²) in [6.07, 6.45) is 17.7. The van der Waals surface area contributed by atoms with Crippen molar-refractivity contribution in [1.29, 1.82) is 0 Å². The van der Waals surface area contributed by atoms with Crippen LogP contribution in [0.1, 0.15) is 190 Å². The van der Waals surface area contributed by atoms with Crippen LogP contribution in [-0.4, -0.2) is 210 Å². The zero-order valence-electron chi connectivity index (χ0n) is 71.6. The van der Waals surface area contributed by atoms with E-state index in [1.807, 2.05) is 119 Å². The first-order chi connectivity index (χ1) is 58.7. The molecule has 8 aromatic rings. The van der Waals surface area contributed by atoms with Gasteiger partial charge in [-0.3, -0.25) is 39.1 Å². The molecule has 122 heavy (non-hydrogen) atoms. The molecule has 8 atom stereocenters. The second-order valence-electron chi connectivity index (χ2n) is 33.9. The lowest BCUT2D eigenvalue weighted by atomic mass is 9.89. The molecule has 4 aromatic heterocycles. The molecule has 4 saturated heterocycles. The molecule has 0 aliphatic carbocycles. The number of rotatable bonds is 22. The van der Waals surface area contributed by atoms with E-state index < -0.39 is 48.5 Å². The number of alkyl carbamates (subject to hydrolysis) is 4. The van der Waals surface area contributed by atoms with Gasteiger partial charge in [-0.15, -0.1) is 0 Å². The van der Waals surface area contributed by atoms with Gasteiger partial charge in [0.25, 0.3) is 0 Å². The molecule has 32 heteroatoms. The summed E-state index contributed by atoms with van der Waals surface area (Å²) >= 11 is 0. The number of nitrogens with one attached hydrogen (secondary N) is 8. The van der Waals surface area contributed by atoms with Gasteiger partial charge in [-0.25, -0.2) is 39.1 Å². The lowest BCUT2D eigenvalue weighted by Crippen LogP contribution is -2.51. The van der Waals surface area contributed by atoms with Crippen molar-refractivity contribution in [2.75, 3.05) is 54.6 Å². The highest BCUT2D eigenvalue weighted by atomic mass is 16.5. The van der Waals surface area contributed by atoms with Crippen molar-refractivity contribution in [3.05, 3.63) is 119 Å². The maximum absolute atomic E-state index is 13.8. The summed E-state index contributed by atoms with van der Waals surface area (Å²) in [7, 11) is 5.17. The number of fused-ring (bicyclic) bond motifs is 4. The third-order valence-corrected chi connectivity index (χ3v) is 24.7. The molecule has 4 fully saturated rings.